The van der Waals surface area contributed by atoms with E-state index in [2.05, 4.69) is 33.8 Å². The molecule has 2 aliphatic rings. The summed E-state index contributed by atoms with van der Waals surface area (Å²) in [6.07, 6.45) is 4.10. The first-order valence-electron chi connectivity index (χ1n) is 11.9. The molecule has 1 aliphatic carbocycles. The summed E-state index contributed by atoms with van der Waals surface area (Å²) in [5.74, 6) is 2.30. The molecular formula is C27H31N3O3. The second-order valence-corrected chi connectivity index (χ2v) is 9.16. The Balaban J connectivity index is 1.15. The van der Waals surface area contributed by atoms with Gasteiger partial charge in [-0.05, 0) is 68.5 Å². The van der Waals surface area contributed by atoms with Gasteiger partial charge in [0.25, 0.3) is 0 Å². The van der Waals surface area contributed by atoms with Crippen LogP contribution in [0.1, 0.15) is 36.9 Å². The molecule has 0 radical (unpaired) electrons. The predicted octanol–water partition coefficient (Wildman–Crippen LogP) is 4.85. The number of carbonyl (C=O) groups excluding carboxylic acids is 1. The first-order valence-corrected chi connectivity index (χ1v) is 11.9. The normalized spacial score (nSPS) is 19.9. The third-order valence-corrected chi connectivity index (χ3v) is 6.64. The van der Waals surface area contributed by atoms with Crippen LogP contribution in [0, 0.1) is 18.8 Å². The van der Waals surface area contributed by atoms with Crippen LogP contribution in [-0.2, 0) is 11.3 Å². The Morgan fingerprint density at radius 2 is 1.94 bits per heavy atom. The Morgan fingerprint density at radius 3 is 2.85 bits per heavy atom. The molecule has 1 fully saturated rings. The number of hydrogen-bond donors (Lipinski definition) is 2. The van der Waals surface area contributed by atoms with Crippen molar-refractivity contribution in [3.63, 3.8) is 0 Å². The number of fused-ring (bicyclic) bond motifs is 2. The second kappa shape index (κ2) is 9.79. The molecule has 1 amide bonds. The number of rotatable bonds is 6. The van der Waals surface area contributed by atoms with Gasteiger partial charge in [0.1, 0.15) is 13.2 Å². The smallest absolute Gasteiger partial charge is 0.227 e. The van der Waals surface area contributed by atoms with Gasteiger partial charge >= 0.3 is 0 Å². The van der Waals surface area contributed by atoms with Crippen LogP contribution in [0.4, 0.5) is 5.69 Å². The van der Waals surface area contributed by atoms with Crippen molar-refractivity contribution >= 4 is 22.5 Å². The Bertz CT molecular complexity index is 1150. The van der Waals surface area contributed by atoms with Gasteiger partial charge in [-0.25, -0.2) is 0 Å². The second-order valence-electron chi connectivity index (χ2n) is 9.16. The van der Waals surface area contributed by atoms with Gasteiger partial charge in [-0.15, -0.1) is 0 Å². The number of hydrogen-bond acceptors (Lipinski definition) is 5. The number of carbonyl (C=O) groups is 1. The third kappa shape index (κ3) is 5.11. The lowest BCUT2D eigenvalue weighted by atomic mass is 9.81. The van der Waals surface area contributed by atoms with Crippen LogP contribution in [0.3, 0.4) is 0 Å². The van der Waals surface area contributed by atoms with Crippen LogP contribution in [0.25, 0.3) is 10.9 Å². The minimum absolute atomic E-state index is 0.0416. The maximum Gasteiger partial charge on any atom is 0.227 e. The molecule has 0 spiro atoms. The highest BCUT2D eigenvalue weighted by atomic mass is 16.6. The van der Waals surface area contributed by atoms with E-state index in [-0.39, 0.29) is 11.8 Å². The molecule has 2 atom stereocenters. The topological polar surface area (TPSA) is 72.5 Å². The molecule has 2 unspecified atom stereocenters. The summed E-state index contributed by atoms with van der Waals surface area (Å²) in [4.78, 5) is 17.7. The van der Waals surface area contributed by atoms with Crippen molar-refractivity contribution in [1.29, 1.82) is 0 Å². The Morgan fingerprint density at radius 1 is 1.06 bits per heavy atom. The van der Waals surface area contributed by atoms with Gasteiger partial charge in [-0.3, -0.25) is 9.78 Å². The fraction of sp³-hybridized carbons (Fsp3) is 0.407. The number of aryl methyl sites for hydroxylation is 1. The lowest BCUT2D eigenvalue weighted by Crippen LogP contribution is -2.32. The fourth-order valence-corrected chi connectivity index (χ4v) is 4.91. The van der Waals surface area contributed by atoms with E-state index in [1.165, 1.54) is 5.56 Å². The van der Waals surface area contributed by atoms with E-state index in [1.807, 2.05) is 37.3 Å². The molecule has 6 nitrogen and oxygen atoms in total. The summed E-state index contributed by atoms with van der Waals surface area (Å²) in [7, 11) is 0. The Kier molecular flexibility index (Phi) is 6.44. The van der Waals surface area contributed by atoms with E-state index in [4.69, 9.17) is 9.47 Å². The lowest BCUT2D eigenvalue weighted by molar-refractivity contribution is -0.121. The summed E-state index contributed by atoms with van der Waals surface area (Å²) < 4.78 is 11.3. The molecule has 1 aromatic heterocycles. The molecule has 0 bridgehead atoms. The molecule has 2 heterocycles. The van der Waals surface area contributed by atoms with Gasteiger partial charge in [0.2, 0.25) is 5.91 Å². The number of para-hydroxylation sites is 1. The van der Waals surface area contributed by atoms with E-state index in [0.717, 1.165) is 72.6 Å². The van der Waals surface area contributed by atoms with Crippen molar-refractivity contribution in [3.8, 4) is 11.5 Å². The van der Waals surface area contributed by atoms with Crippen LogP contribution in [-0.4, -0.2) is 30.6 Å². The molecule has 1 aliphatic heterocycles. The van der Waals surface area contributed by atoms with Crippen LogP contribution in [0.5, 0.6) is 11.5 Å². The molecule has 1 saturated carbocycles. The molecule has 5 rings (SSSR count). The van der Waals surface area contributed by atoms with Crippen molar-refractivity contribution in [3.05, 3.63) is 59.8 Å². The highest BCUT2D eigenvalue weighted by Crippen LogP contribution is 2.32. The van der Waals surface area contributed by atoms with E-state index in [9.17, 15) is 4.79 Å². The number of amides is 1. The minimum Gasteiger partial charge on any atom is -0.486 e. The van der Waals surface area contributed by atoms with E-state index in [1.54, 1.807) is 0 Å². The lowest BCUT2D eigenvalue weighted by Gasteiger charge is -2.28. The number of pyridine rings is 1. The predicted molar refractivity (Wildman–Crippen MR) is 130 cm³/mol. The average Bonchev–Trinajstić information content (AvgIpc) is 2.84. The number of ether oxygens (including phenoxy) is 2. The van der Waals surface area contributed by atoms with Gasteiger partial charge < -0.3 is 20.1 Å². The zero-order chi connectivity index (χ0) is 22.6. The van der Waals surface area contributed by atoms with E-state index >= 15 is 0 Å². The Labute approximate surface area is 194 Å². The summed E-state index contributed by atoms with van der Waals surface area (Å²) in [5.41, 5.74) is 3.80. The number of benzene rings is 2. The first-order chi connectivity index (χ1) is 16.2. The SMILES string of the molecule is Cc1ccc2cccc(NC(=O)C3CCCC(CNCc4ccc5c(c4)OCCO5)C3)c2n1. The summed E-state index contributed by atoms with van der Waals surface area (Å²) in [6.45, 7) is 4.88. The maximum absolute atomic E-state index is 13.1. The monoisotopic (exact) mass is 445 g/mol. The van der Waals surface area contributed by atoms with Crippen LogP contribution in [0.2, 0.25) is 0 Å². The number of anilines is 1. The minimum atomic E-state index is 0.0416. The molecule has 6 heteroatoms. The fourth-order valence-electron chi connectivity index (χ4n) is 4.91. The van der Waals surface area contributed by atoms with Gasteiger partial charge in [0.05, 0.1) is 11.2 Å². The number of aromatic nitrogens is 1. The maximum atomic E-state index is 13.1. The summed E-state index contributed by atoms with van der Waals surface area (Å²) in [6, 6.07) is 16.1. The molecule has 172 valence electrons. The van der Waals surface area contributed by atoms with Crippen molar-refractivity contribution < 1.29 is 14.3 Å². The summed E-state index contributed by atoms with van der Waals surface area (Å²) in [5, 5.41) is 7.79. The van der Waals surface area contributed by atoms with Crippen molar-refractivity contribution in [2.75, 3.05) is 25.1 Å². The number of nitrogens with one attached hydrogen (secondary N) is 2. The highest BCUT2D eigenvalue weighted by Gasteiger charge is 2.27. The van der Waals surface area contributed by atoms with Gasteiger partial charge in [-0.1, -0.05) is 30.7 Å². The third-order valence-electron chi connectivity index (χ3n) is 6.64. The summed E-state index contributed by atoms with van der Waals surface area (Å²) >= 11 is 0. The molecule has 0 saturated heterocycles. The molecular weight excluding hydrogens is 414 g/mol. The molecule has 33 heavy (non-hydrogen) atoms. The van der Waals surface area contributed by atoms with Crippen LogP contribution < -0.4 is 20.1 Å². The zero-order valence-electron chi connectivity index (χ0n) is 19.1. The van der Waals surface area contributed by atoms with Crippen LogP contribution >= 0.6 is 0 Å². The first kappa shape index (κ1) is 21.7. The van der Waals surface area contributed by atoms with Gasteiger partial charge in [0.15, 0.2) is 11.5 Å². The van der Waals surface area contributed by atoms with Gasteiger partial charge in [-0.2, -0.15) is 0 Å². The standard InChI is InChI=1S/C27H31N3O3/c1-18-8-10-21-5-3-7-23(26(21)29-18)30-27(31)22-6-2-4-19(14-22)16-28-17-20-9-11-24-25(15-20)33-13-12-32-24/h3,5,7-11,15,19,22,28H,2,4,6,12-14,16-17H2,1H3,(H,30,31). The van der Waals surface area contributed by atoms with Crippen molar-refractivity contribution in [2.24, 2.45) is 11.8 Å². The quantitative estimate of drug-likeness (QED) is 0.568. The molecule has 2 aromatic carbocycles. The van der Waals surface area contributed by atoms with E-state index in [0.29, 0.717) is 19.1 Å². The number of nitrogens with zero attached hydrogens (tertiary/aromatic N) is 1. The Hall–Kier alpha value is -3.12. The van der Waals surface area contributed by atoms with E-state index < -0.39 is 0 Å². The molecule has 2 N–H and O–H groups in total. The zero-order valence-corrected chi connectivity index (χ0v) is 19.1. The van der Waals surface area contributed by atoms with Crippen molar-refractivity contribution in [2.45, 2.75) is 39.2 Å². The van der Waals surface area contributed by atoms with Crippen LogP contribution in [0.15, 0.2) is 48.5 Å². The largest absolute Gasteiger partial charge is 0.486 e. The highest BCUT2D eigenvalue weighted by molar-refractivity contribution is 6.01. The van der Waals surface area contributed by atoms with Crippen molar-refractivity contribution in [1.82, 2.24) is 10.3 Å². The average molecular weight is 446 g/mol. The van der Waals surface area contributed by atoms with Gasteiger partial charge in [0, 0.05) is 23.5 Å². The molecule has 3 aromatic rings.